The topological polar surface area (TPSA) is 76.7 Å². The molecule has 0 aromatic heterocycles. The number of nitrogens with one attached hydrogen (secondary N) is 2. The van der Waals surface area contributed by atoms with Crippen LogP contribution in [-0.4, -0.2) is 38.4 Å². The molecule has 0 saturated carbocycles. The number of urea groups is 1. The summed E-state index contributed by atoms with van der Waals surface area (Å²) in [5.74, 6) is -0.433. The summed E-state index contributed by atoms with van der Waals surface area (Å²) < 4.78 is 10.1. The summed E-state index contributed by atoms with van der Waals surface area (Å²) in [5.41, 5.74) is 1.86. The molecular formula is C15H20N2O4. The third-order valence-corrected chi connectivity index (χ3v) is 3.42. The van der Waals surface area contributed by atoms with Crippen LogP contribution in [0.3, 0.4) is 0 Å². The van der Waals surface area contributed by atoms with Crippen LogP contribution in [-0.2, 0) is 9.47 Å². The molecule has 1 aliphatic heterocycles. The van der Waals surface area contributed by atoms with Gasteiger partial charge in [-0.05, 0) is 37.5 Å². The number of hydrogen-bond acceptors (Lipinski definition) is 4. The minimum absolute atomic E-state index is 0.0956. The molecule has 6 nitrogen and oxygen atoms in total. The maximum absolute atomic E-state index is 11.9. The van der Waals surface area contributed by atoms with E-state index in [2.05, 4.69) is 15.4 Å². The highest BCUT2D eigenvalue weighted by molar-refractivity contribution is 5.94. The molecule has 2 amide bonds. The predicted octanol–water partition coefficient (Wildman–Crippen LogP) is 2.08. The standard InChI is InChI=1S/C15H20N2O4/c1-10-5-6-11(14(18)20-2)8-13(10)17-15(19)16-9-12-4-3-7-21-12/h5-6,8,12H,3-4,7,9H2,1-2H3,(H2,16,17,19). The van der Waals surface area contributed by atoms with Crippen LogP contribution in [0.1, 0.15) is 28.8 Å². The van der Waals surface area contributed by atoms with Crippen molar-refractivity contribution in [1.82, 2.24) is 5.32 Å². The Labute approximate surface area is 123 Å². The van der Waals surface area contributed by atoms with E-state index in [9.17, 15) is 9.59 Å². The van der Waals surface area contributed by atoms with Gasteiger partial charge in [0.05, 0.1) is 18.8 Å². The first kappa shape index (κ1) is 15.3. The number of amides is 2. The van der Waals surface area contributed by atoms with Crippen LogP contribution in [0.15, 0.2) is 18.2 Å². The number of carbonyl (C=O) groups is 2. The van der Waals surface area contributed by atoms with Gasteiger partial charge in [-0.3, -0.25) is 0 Å². The van der Waals surface area contributed by atoms with Gasteiger partial charge in [-0.15, -0.1) is 0 Å². The molecule has 1 aromatic carbocycles. The summed E-state index contributed by atoms with van der Waals surface area (Å²) in [5, 5.41) is 5.51. The van der Waals surface area contributed by atoms with Gasteiger partial charge in [0.15, 0.2) is 0 Å². The lowest BCUT2D eigenvalue weighted by Gasteiger charge is -2.13. The smallest absolute Gasteiger partial charge is 0.337 e. The SMILES string of the molecule is COC(=O)c1ccc(C)c(NC(=O)NCC2CCCO2)c1. The molecular weight excluding hydrogens is 272 g/mol. The Bertz CT molecular complexity index is 524. The lowest BCUT2D eigenvalue weighted by atomic mass is 10.1. The molecule has 1 heterocycles. The van der Waals surface area contributed by atoms with E-state index in [0.717, 1.165) is 25.0 Å². The zero-order chi connectivity index (χ0) is 15.2. The van der Waals surface area contributed by atoms with Gasteiger partial charge in [0.1, 0.15) is 0 Å². The van der Waals surface area contributed by atoms with E-state index in [1.807, 2.05) is 6.92 Å². The molecule has 6 heteroatoms. The fourth-order valence-corrected chi connectivity index (χ4v) is 2.18. The normalized spacial score (nSPS) is 17.3. The molecule has 1 aromatic rings. The minimum Gasteiger partial charge on any atom is -0.465 e. The second kappa shape index (κ2) is 7.08. The van der Waals surface area contributed by atoms with Crippen molar-refractivity contribution in [2.45, 2.75) is 25.9 Å². The van der Waals surface area contributed by atoms with Crippen molar-refractivity contribution in [2.75, 3.05) is 25.6 Å². The first-order valence-electron chi connectivity index (χ1n) is 6.95. The molecule has 21 heavy (non-hydrogen) atoms. The summed E-state index contributed by atoms with van der Waals surface area (Å²) in [6.45, 7) is 3.10. The Balaban J connectivity index is 1.94. The minimum atomic E-state index is -0.433. The van der Waals surface area contributed by atoms with Gasteiger partial charge in [-0.1, -0.05) is 6.07 Å². The van der Waals surface area contributed by atoms with Crippen LogP contribution in [0.25, 0.3) is 0 Å². The predicted molar refractivity (Wildman–Crippen MR) is 78.5 cm³/mol. The number of rotatable bonds is 4. The van der Waals surface area contributed by atoms with E-state index >= 15 is 0 Å². The van der Waals surface area contributed by atoms with E-state index in [1.165, 1.54) is 7.11 Å². The van der Waals surface area contributed by atoms with Crippen molar-refractivity contribution >= 4 is 17.7 Å². The van der Waals surface area contributed by atoms with E-state index in [1.54, 1.807) is 18.2 Å². The van der Waals surface area contributed by atoms with Crippen LogP contribution in [0.2, 0.25) is 0 Å². The number of anilines is 1. The van der Waals surface area contributed by atoms with E-state index < -0.39 is 5.97 Å². The van der Waals surface area contributed by atoms with Gasteiger partial charge >= 0.3 is 12.0 Å². The van der Waals surface area contributed by atoms with Crippen molar-refractivity contribution in [3.8, 4) is 0 Å². The quantitative estimate of drug-likeness (QED) is 0.833. The summed E-state index contributed by atoms with van der Waals surface area (Å²) in [6, 6.07) is 4.72. The van der Waals surface area contributed by atoms with Crippen molar-refractivity contribution < 1.29 is 19.1 Å². The van der Waals surface area contributed by atoms with Crippen LogP contribution in [0.5, 0.6) is 0 Å². The second-order valence-corrected chi connectivity index (χ2v) is 4.99. The maximum atomic E-state index is 11.9. The van der Waals surface area contributed by atoms with Crippen molar-refractivity contribution in [1.29, 1.82) is 0 Å². The molecule has 0 spiro atoms. The number of methoxy groups -OCH3 is 1. The molecule has 0 radical (unpaired) electrons. The first-order chi connectivity index (χ1) is 10.1. The molecule has 0 aliphatic carbocycles. The largest absolute Gasteiger partial charge is 0.465 e. The molecule has 2 rings (SSSR count). The number of esters is 1. The molecule has 1 fully saturated rings. The lowest BCUT2D eigenvalue weighted by molar-refractivity contribution is 0.0600. The monoisotopic (exact) mass is 292 g/mol. The average Bonchev–Trinajstić information content (AvgIpc) is 3.00. The Morgan fingerprint density at radius 3 is 2.90 bits per heavy atom. The van der Waals surface area contributed by atoms with Crippen LogP contribution < -0.4 is 10.6 Å². The molecule has 1 atom stereocenters. The summed E-state index contributed by atoms with van der Waals surface area (Å²) in [6.07, 6.45) is 2.10. The lowest BCUT2D eigenvalue weighted by Crippen LogP contribution is -2.35. The maximum Gasteiger partial charge on any atom is 0.337 e. The third-order valence-electron chi connectivity index (χ3n) is 3.42. The zero-order valence-corrected chi connectivity index (χ0v) is 12.3. The van der Waals surface area contributed by atoms with Crippen LogP contribution >= 0.6 is 0 Å². The number of aryl methyl sites for hydroxylation is 1. The molecule has 1 aliphatic rings. The van der Waals surface area contributed by atoms with Crippen molar-refractivity contribution in [3.05, 3.63) is 29.3 Å². The van der Waals surface area contributed by atoms with Gasteiger partial charge in [0.25, 0.3) is 0 Å². The second-order valence-electron chi connectivity index (χ2n) is 4.99. The number of benzene rings is 1. The molecule has 1 unspecified atom stereocenters. The fourth-order valence-electron chi connectivity index (χ4n) is 2.18. The van der Waals surface area contributed by atoms with Gasteiger partial charge < -0.3 is 20.1 Å². The van der Waals surface area contributed by atoms with Crippen molar-refractivity contribution in [3.63, 3.8) is 0 Å². The number of ether oxygens (including phenoxy) is 2. The van der Waals surface area contributed by atoms with Crippen LogP contribution in [0, 0.1) is 6.92 Å². The van der Waals surface area contributed by atoms with Gasteiger partial charge in [-0.2, -0.15) is 0 Å². The Morgan fingerprint density at radius 2 is 2.24 bits per heavy atom. The summed E-state index contributed by atoms with van der Waals surface area (Å²) >= 11 is 0. The third kappa shape index (κ3) is 4.19. The molecule has 114 valence electrons. The van der Waals surface area contributed by atoms with Crippen LogP contribution in [0.4, 0.5) is 10.5 Å². The first-order valence-corrected chi connectivity index (χ1v) is 6.95. The molecule has 0 bridgehead atoms. The highest BCUT2D eigenvalue weighted by Gasteiger charge is 2.16. The Kier molecular flexibility index (Phi) is 5.16. The van der Waals surface area contributed by atoms with Gasteiger partial charge in [-0.25, -0.2) is 9.59 Å². The Morgan fingerprint density at radius 1 is 1.43 bits per heavy atom. The van der Waals surface area contributed by atoms with Gasteiger partial charge in [0.2, 0.25) is 0 Å². The highest BCUT2D eigenvalue weighted by Crippen LogP contribution is 2.17. The summed E-state index contributed by atoms with van der Waals surface area (Å²) in [4.78, 5) is 23.4. The molecule has 2 N–H and O–H groups in total. The van der Waals surface area contributed by atoms with E-state index in [-0.39, 0.29) is 12.1 Å². The average molecular weight is 292 g/mol. The van der Waals surface area contributed by atoms with Gasteiger partial charge in [0, 0.05) is 18.8 Å². The fraction of sp³-hybridized carbons (Fsp3) is 0.467. The number of hydrogen-bond donors (Lipinski definition) is 2. The highest BCUT2D eigenvalue weighted by atomic mass is 16.5. The van der Waals surface area contributed by atoms with Crippen molar-refractivity contribution in [2.24, 2.45) is 0 Å². The number of carbonyl (C=O) groups excluding carboxylic acids is 2. The Hall–Kier alpha value is -2.08. The van der Waals surface area contributed by atoms with E-state index in [0.29, 0.717) is 17.8 Å². The van der Waals surface area contributed by atoms with E-state index in [4.69, 9.17) is 4.74 Å². The molecule has 1 saturated heterocycles. The summed E-state index contributed by atoms with van der Waals surface area (Å²) in [7, 11) is 1.32. The zero-order valence-electron chi connectivity index (χ0n) is 12.3.